The summed E-state index contributed by atoms with van der Waals surface area (Å²) in [5.41, 5.74) is 5.52. The Hall–Kier alpha value is -3.20. The van der Waals surface area contributed by atoms with Gasteiger partial charge >= 0.3 is 0 Å². The number of nitrogens with zero attached hydrogens (tertiary/aromatic N) is 2. The summed E-state index contributed by atoms with van der Waals surface area (Å²) in [4.78, 5) is 34.6. The maximum atomic E-state index is 13.3. The number of hydrogen-bond donors (Lipinski definition) is 3. The van der Waals surface area contributed by atoms with Gasteiger partial charge in [-0.3, -0.25) is 15.0 Å². The molecule has 3 N–H and O–H groups in total. The third kappa shape index (κ3) is 5.24. The molecule has 0 radical (unpaired) electrons. The summed E-state index contributed by atoms with van der Waals surface area (Å²) in [5.74, 6) is 0.741. The molecule has 8 nitrogen and oxygen atoms in total. The number of benzene rings is 2. The number of Topliss-reactive ketones (excluding diaryl/α,β-unsaturated/α-hetero) is 1. The molecule has 1 aliphatic heterocycles. The van der Waals surface area contributed by atoms with Gasteiger partial charge in [0.15, 0.2) is 5.78 Å². The van der Waals surface area contributed by atoms with Gasteiger partial charge in [0.25, 0.3) is 0 Å². The van der Waals surface area contributed by atoms with E-state index in [1.165, 1.54) is 0 Å². The van der Waals surface area contributed by atoms with Crippen molar-refractivity contribution in [1.29, 1.82) is 5.41 Å². The fourth-order valence-electron chi connectivity index (χ4n) is 4.34. The molecule has 35 heavy (non-hydrogen) atoms. The van der Waals surface area contributed by atoms with Crippen molar-refractivity contribution in [1.82, 2.24) is 20.2 Å². The number of rotatable bonds is 7. The average molecular weight is 542 g/mol. The van der Waals surface area contributed by atoms with Gasteiger partial charge in [-0.15, -0.1) is 17.0 Å². The topological polar surface area (TPSA) is 111 Å². The third-order valence-electron chi connectivity index (χ3n) is 6.14. The molecule has 4 rings (SSSR count). The van der Waals surface area contributed by atoms with E-state index in [-0.39, 0.29) is 52.9 Å². The van der Waals surface area contributed by atoms with E-state index in [4.69, 9.17) is 10.1 Å². The molecule has 0 saturated carbocycles. The number of hydrogen-bond acceptors (Lipinski definition) is 5. The lowest BCUT2D eigenvalue weighted by atomic mass is 9.84. The highest BCUT2D eigenvalue weighted by Crippen LogP contribution is 2.32. The molecule has 3 aromatic rings. The Morgan fingerprint density at radius 2 is 1.97 bits per heavy atom. The molecule has 9 heteroatoms. The van der Waals surface area contributed by atoms with Gasteiger partial charge in [0.2, 0.25) is 5.91 Å². The predicted molar refractivity (Wildman–Crippen MR) is 142 cm³/mol. The molecule has 0 fully saturated rings. The lowest BCUT2D eigenvalue weighted by molar-refractivity contribution is -0.119. The van der Waals surface area contributed by atoms with Crippen LogP contribution < -0.4 is 10.1 Å². The van der Waals surface area contributed by atoms with E-state index in [1.54, 1.807) is 18.3 Å². The van der Waals surface area contributed by atoms with Crippen LogP contribution in [0.3, 0.4) is 0 Å². The minimum atomic E-state index is -0.169. The van der Waals surface area contributed by atoms with Crippen molar-refractivity contribution in [2.75, 3.05) is 20.2 Å². The number of nitrogens with one attached hydrogen (secondary N) is 3. The minimum Gasteiger partial charge on any atom is -0.494 e. The second kappa shape index (κ2) is 10.2. The molecule has 2 aromatic carbocycles. The van der Waals surface area contributed by atoms with Gasteiger partial charge in [-0.1, -0.05) is 20.8 Å². The summed E-state index contributed by atoms with van der Waals surface area (Å²) in [7, 11) is 1.59. The van der Waals surface area contributed by atoms with Crippen molar-refractivity contribution >= 4 is 45.5 Å². The molecule has 186 valence electrons. The first kappa shape index (κ1) is 26.4. The molecular weight excluding hydrogens is 510 g/mol. The molecule has 2 heterocycles. The van der Waals surface area contributed by atoms with Crippen molar-refractivity contribution in [3.8, 4) is 5.75 Å². The summed E-state index contributed by atoms with van der Waals surface area (Å²) >= 11 is 0. The smallest absolute Gasteiger partial charge is 0.224 e. The molecule has 0 bridgehead atoms. The number of fused-ring (bicyclic) bond motifs is 2. The molecule has 0 unspecified atom stereocenters. The van der Waals surface area contributed by atoms with E-state index in [1.807, 2.05) is 31.2 Å². The first-order valence-electron chi connectivity index (χ1n) is 11.5. The first-order valence-corrected chi connectivity index (χ1v) is 11.5. The van der Waals surface area contributed by atoms with Gasteiger partial charge in [0.1, 0.15) is 11.6 Å². The monoisotopic (exact) mass is 541 g/mol. The number of aromatic nitrogens is 2. The highest BCUT2D eigenvalue weighted by Gasteiger charge is 2.29. The van der Waals surface area contributed by atoms with Crippen LogP contribution in [0.2, 0.25) is 0 Å². The van der Waals surface area contributed by atoms with Crippen LogP contribution in [0.5, 0.6) is 5.75 Å². The average Bonchev–Trinajstić information content (AvgIpc) is 3.37. The first-order chi connectivity index (χ1) is 16.1. The van der Waals surface area contributed by atoms with Crippen LogP contribution in [0, 0.1) is 5.41 Å². The van der Waals surface area contributed by atoms with Crippen LogP contribution in [0.1, 0.15) is 60.3 Å². The summed E-state index contributed by atoms with van der Waals surface area (Å²) in [6, 6.07) is 7.50. The molecule has 1 amide bonds. The minimum absolute atomic E-state index is 0. The Kier molecular flexibility index (Phi) is 7.69. The van der Waals surface area contributed by atoms with Crippen LogP contribution in [-0.2, 0) is 23.2 Å². The fourth-order valence-corrected chi connectivity index (χ4v) is 4.34. The van der Waals surface area contributed by atoms with E-state index in [2.05, 4.69) is 36.1 Å². The number of likely N-dealkylation sites (N-methyl/N-ethyl adjacent to an activating group) is 1. The van der Waals surface area contributed by atoms with E-state index in [9.17, 15) is 9.59 Å². The predicted octanol–water partition coefficient (Wildman–Crippen LogP) is 4.15. The Morgan fingerprint density at radius 3 is 2.63 bits per heavy atom. The summed E-state index contributed by atoms with van der Waals surface area (Å²) < 4.78 is 5.76. The van der Waals surface area contributed by atoms with Gasteiger partial charge in [-0.05, 0) is 47.7 Å². The summed E-state index contributed by atoms with van der Waals surface area (Å²) in [6.45, 7) is 9.21. The van der Waals surface area contributed by atoms with Crippen LogP contribution in [-0.4, -0.2) is 52.6 Å². The lowest BCUT2D eigenvalue weighted by Crippen LogP contribution is -2.30. The van der Waals surface area contributed by atoms with Gasteiger partial charge in [0.05, 0.1) is 36.9 Å². The number of H-pyrrole nitrogens is 1. The van der Waals surface area contributed by atoms with Crippen LogP contribution in [0.4, 0.5) is 0 Å². The molecular formula is C26H32BrN5O3. The SMILES string of the molecule is Br.CCOc1cc2c(cc1CC(=O)NC)C(=N)N(CC(=O)c1cc(C(C)(C)C)c3nc[nH]c3c1)C2. The summed E-state index contributed by atoms with van der Waals surface area (Å²) in [5, 5.41) is 11.3. The van der Waals surface area contributed by atoms with Crippen molar-refractivity contribution in [2.45, 2.75) is 46.1 Å². The Morgan fingerprint density at radius 1 is 1.23 bits per heavy atom. The number of aromatic amines is 1. The van der Waals surface area contributed by atoms with Crippen molar-refractivity contribution in [2.24, 2.45) is 0 Å². The number of carbonyl (C=O) groups is 2. The Bertz CT molecular complexity index is 1290. The highest BCUT2D eigenvalue weighted by molar-refractivity contribution is 8.93. The number of halogens is 1. The quantitative estimate of drug-likeness (QED) is 0.389. The maximum absolute atomic E-state index is 13.3. The van der Waals surface area contributed by atoms with Crippen LogP contribution >= 0.6 is 17.0 Å². The second-order valence-corrected chi connectivity index (χ2v) is 9.60. The molecule has 1 aliphatic rings. The largest absolute Gasteiger partial charge is 0.494 e. The summed E-state index contributed by atoms with van der Waals surface area (Å²) in [6.07, 6.45) is 1.82. The zero-order valence-corrected chi connectivity index (χ0v) is 22.5. The zero-order chi connectivity index (χ0) is 24.6. The Balaban J connectivity index is 0.00000342. The normalized spacial score (nSPS) is 12.9. The second-order valence-electron chi connectivity index (χ2n) is 9.60. The van der Waals surface area contributed by atoms with Gasteiger partial charge in [-0.2, -0.15) is 0 Å². The van der Waals surface area contributed by atoms with Gasteiger partial charge < -0.3 is 19.9 Å². The standard InChI is InChI=1S/C26H31N5O3.BrH/c1-6-34-22-10-17-12-31(25(27)18(17)7-16(22)11-23(33)28-5)13-21(32)15-8-19(26(2,3)4)24-20(9-15)29-14-30-24;/h7-10,14,27H,6,11-13H2,1-5H3,(H,28,33)(H,29,30);1H. The fraction of sp³-hybridized carbons (Fsp3) is 0.385. The van der Waals surface area contributed by atoms with Crippen LogP contribution in [0.25, 0.3) is 11.0 Å². The number of amidine groups is 1. The number of carbonyl (C=O) groups excluding carboxylic acids is 2. The number of ketones is 1. The maximum Gasteiger partial charge on any atom is 0.224 e. The molecule has 0 spiro atoms. The highest BCUT2D eigenvalue weighted by atomic mass is 79.9. The van der Waals surface area contributed by atoms with E-state index in [0.717, 1.165) is 33.3 Å². The van der Waals surface area contributed by atoms with Crippen molar-refractivity contribution in [3.63, 3.8) is 0 Å². The van der Waals surface area contributed by atoms with E-state index >= 15 is 0 Å². The number of ether oxygens (including phenoxy) is 1. The van der Waals surface area contributed by atoms with E-state index in [0.29, 0.717) is 24.5 Å². The Labute approximate surface area is 215 Å². The number of imidazole rings is 1. The molecule has 0 saturated heterocycles. The molecule has 0 atom stereocenters. The van der Waals surface area contributed by atoms with Crippen molar-refractivity contribution in [3.05, 3.63) is 58.4 Å². The van der Waals surface area contributed by atoms with Gasteiger partial charge in [-0.25, -0.2) is 4.98 Å². The number of amides is 1. The zero-order valence-electron chi connectivity index (χ0n) is 20.7. The van der Waals surface area contributed by atoms with Gasteiger partial charge in [0, 0.05) is 30.3 Å². The van der Waals surface area contributed by atoms with E-state index < -0.39 is 0 Å². The molecule has 0 aliphatic carbocycles. The van der Waals surface area contributed by atoms with Crippen LogP contribution in [0.15, 0.2) is 30.6 Å². The molecule has 1 aromatic heterocycles. The lowest BCUT2D eigenvalue weighted by Gasteiger charge is -2.21. The van der Waals surface area contributed by atoms with Crippen molar-refractivity contribution < 1.29 is 14.3 Å². The third-order valence-corrected chi connectivity index (χ3v) is 6.14.